The summed E-state index contributed by atoms with van der Waals surface area (Å²) >= 11 is 17.3. The Labute approximate surface area is 109 Å². The summed E-state index contributed by atoms with van der Waals surface area (Å²) in [6.07, 6.45) is 2.78. The molecule has 0 amide bonds. The van der Waals surface area contributed by atoms with Crippen molar-refractivity contribution in [2.75, 3.05) is 0 Å². The van der Waals surface area contributed by atoms with Crippen molar-refractivity contribution in [1.82, 2.24) is 9.55 Å². The maximum atomic E-state index is 6.16. The van der Waals surface area contributed by atoms with Crippen LogP contribution in [0.2, 0.25) is 10.0 Å². The Hall–Kier alpha value is -0.770. The van der Waals surface area contributed by atoms with Crippen LogP contribution in [0, 0.1) is 4.77 Å². The van der Waals surface area contributed by atoms with Crippen molar-refractivity contribution >= 4 is 35.4 Å². The van der Waals surface area contributed by atoms with Crippen LogP contribution in [-0.2, 0) is 6.42 Å². The van der Waals surface area contributed by atoms with E-state index in [4.69, 9.17) is 35.4 Å². The van der Waals surface area contributed by atoms with E-state index in [1.165, 1.54) is 0 Å². The molecule has 0 saturated carbocycles. The monoisotopic (exact) mass is 272 g/mol. The fourth-order valence-corrected chi connectivity index (χ4v) is 2.36. The predicted octanol–water partition coefficient (Wildman–Crippen LogP) is 4.40. The summed E-state index contributed by atoms with van der Waals surface area (Å²) in [5, 5.41) is 1.21. The van der Waals surface area contributed by atoms with Crippen LogP contribution >= 0.6 is 35.4 Å². The number of halogens is 2. The molecule has 0 saturated heterocycles. The van der Waals surface area contributed by atoms with E-state index < -0.39 is 0 Å². The molecule has 1 N–H and O–H groups in total. The van der Waals surface area contributed by atoms with Crippen molar-refractivity contribution in [2.24, 2.45) is 0 Å². The van der Waals surface area contributed by atoms with Crippen molar-refractivity contribution in [1.29, 1.82) is 0 Å². The van der Waals surface area contributed by atoms with Gasteiger partial charge in [-0.1, -0.05) is 30.1 Å². The van der Waals surface area contributed by atoms with E-state index in [2.05, 4.69) is 11.9 Å². The van der Waals surface area contributed by atoms with Gasteiger partial charge in [-0.15, -0.1) is 0 Å². The SMILES string of the molecule is CCc1c[nH]c(=S)n1-c1ccc(Cl)cc1Cl. The van der Waals surface area contributed by atoms with Crippen LogP contribution in [-0.4, -0.2) is 9.55 Å². The van der Waals surface area contributed by atoms with Crippen LogP contribution in [0.1, 0.15) is 12.6 Å². The molecule has 0 aliphatic carbocycles. The van der Waals surface area contributed by atoms with E-state index in [9.17, 15) is 0 Å². The molecule has 0 fully saturated rings. The molecular formula is C11H10Cl2N2S. The second-order valence-electron chi connectivity index (χ2n) is 3.37. The lowest BCUT2D eigenvalue weighted by Crippen LogP contribution is -1.99. The maximum absolute atomic E-state index is 6.16. The maximum Gasteiger partial charge on any atom is 0.182 e. The minimum absolute atomic E-state index is 0.595. The fraction of sp³-hybridized carbons (Fsp3) is 0.182. The van der Waals surface area contributed by atoms with Gasteiger partial charge in [0.1, 0.15) is 0 Å². The quantitative estimate of drug-likeness (QED) is 0.804. The molecule has 16 heavy (non-hydrogen) atoms. The first-order valence-electron chi connectivity index (χ1n) is 4.88. The zero-order valence-corrected chi connectivity index (χ0v) is 11.0. The molecule has 1 heterocycles. The standard InChI is InChI=1S/C11H10Cl2N2S/c1-2-8-6-14-11(16)15(8)10-4-3-7(12)5-9(10)13/h3-6H,2H2,1H3,(H,14,16). The Balaban J connectivity index is 2.67. The highest BCUT2D eigenvalue weighted by Crippen LogP contribution is 2.25. The molecule has 0 bridgehead atoms. The lowest BCUT2D eigenvalue weighted by atomic mass is 10.3. The molecule has 2 nitrogen and oxygen atoms in total. The Morgan fingerprint density at radius 1 is 1.38 bits per heavy atom. The van der Waals surface area contributed by atoms with Crippen molar-refractivity contribution in [2.45, 2.75) is 13.3 Å². The number of aryl methyl sites for hydroxylation is 1. The van der Waals surface area contributed by atoms with E-state index in [0.717, 1.165) is 17.8 Å². The number of hydrogen-bond acceptors (Lipinski definition) is 1. The number of benzene rings is 1. The van der Waals surface area contributed by atoms with Gasteiger partial charge in [0.25, 0.3) is 0 Å². The Bertz CT molecular complexity index is 572. The van der Waals surface area contributed by atoms with Gasteiger partial charge in [-0.05, 0) is 36.8 Å². The molecule has 0 aliphatic heterocycles. The average Bonchev–Trinajstić information content (AvgIpc) is 2.60. The molecule has 5 heteroatoms. The topological polar surface area (TPSA) is 20.7 Å². The molecule has 0 atom stereocenters. The normalized spacial score (nSPS) is 10.7. The van der Waals surface area contributed by atoms with Crippen LogP contribution < -0.4 is 0 Å². The first kappa shape index (κ1) is 11.7. The number of rotatable bonds is 2. The third-order valence-corrected chi connectivity index (χ3v) is 3.20. The molecule has 0 spiro atoms. The first-order chi connectivity index (χ1) is 7.63. The van der Waals surface area contributed by atoms with Crippen molar-refractivity contribution < 1.29 is 0 Å². The fourth-order valence-electron chi connectivity index (χ4n) is 1.59. The Morgan fingerprint density at radius 2 is 2.12 bits per heavy atom. The minimum atomic E-state index is 0.595. The number of aromatic amines is 1. The van der Waals surface area contributed by atoms with Gasteiger partial charge in [0.2, 0.25) is 0 Å². The van der Waals surface area contributed by atoms with Crippen LogP contribution in [0.25, 0.3) is 5.69 Å². The third kappa shape index (κ3) is 2.03. The van der Waals surface area contributed by atoms with Gasteiger partial charge in [0, 0.05) is 16.9 Å². The lowest BCUT2D eigenvalue weighted by molar-refractivity contribution is 0.922. The highest BCUT2D eigenvalue weighted by Gasteiger charge is 2.08. The zero-order valence-electron chi connectivity index (χ0n) is 8.63. The summed E-state index contributed by atoms with van der Waals surface area (Å²) in [6, 6.07) is 5.39. The van der Waals surface area contributed by atoms with Gasteiger partial charge >= 0.3 is 0 Å². The molecule has 0 radical (unpaired) electrons. The molecular weight excluding hydrogens is 263 g/mol. The molecule has 1 aromatic heterocycles. The highest BCUT2D eigenvalue weighted by atomic mass is 35.5. The summed E-state index contributed by atoms with van der Waals surface area (Å²) in [5.74, 6) is 0. The minimum Gasteiger partial charge on any atom is -0.337 e. The first-order valence-corrected chi connectivity index (χ1v) is 6.04. The van der Waals surface area contributed by atoms with Crippen molar-refractivity contribution in [3.8, 4) is 5.69 Å². The van der Waals surface area contributed by atoms with E-state index in [-0.39, 0.29) is 0 Å². The summed E-state index contributed by atoms with van der Waals surface area (Å²) < 4.78 is 2.56. The summed E-state index contributed by atoms with van der Waals surface area (Å²) in [6.45, 7) is 2.07. The second kappa shape index (κ2) is 4.62. The molecule has 84 valence electrons. The number of hydrogen-bond donors (Lipinski definition) is 1. The van der Waals surface area contributed by atoms with Crippen LogP contribution in [0.15, 0.2) is 24.4 Å². The van der Waals surface area contributed by atoms with Crippen molar-refractivity contribution in [3.63, 3.8) is 0 Å². The van der Waals surface area contributed by atoms with Gasteiger partial charge in [-0.25, -0.2) is 0 Å². The zero-order chi connectivity index (χ0) is 11.7. The number of imidazole rings is 1. The van der Waals surface area contributed by atoms with E-state index >= 15 is 0 Å². The largest absolute Gasteiger partial charge is 0.337 e. The van der Waals surface area contributed by atoms with Gasteiger partial charge in [-0.2, -0.15) is 0 Å². The van der Waals surface area contributed by atoms with Gasteiger partial charge in [-0.3, -0.25) is 4.57 Å². The van der Waals surface area contributed by atoms with Crippen LogP contribution in [0.4, 0.5) is 0 Å². The molecule has 0 unspecified atom stereocenters. The summed E-state index contributed by atoms with van der Waals surface area (Å²) in [7, 11) is 0. The molecule has 2 aromatic rings. The molecule has 0 aliphatic rings. The number of nitrogens with one attached hydrogen (secondary N) is 1. The number of aromatic nitrogens is 2. The third-order valence-electron chi connectivity index (χ3n) is 2.37. The van der Waals surface area contributed by atoms with Crippen molar-refractivity contribution in [3.05, 3.63) is 44.9 Å². The molecule has 1 aromatic carbocycles. The summed E-state index contributed by atoms with van der Waals surface area (Å²) in [5.41, 5.74) is 1.95. The highest BCUT2D eigenvalue weighted by molar-refractivity contribution is 7.71. The Kier molecular flexibility index (Phi) is 3.38. The van der Waals surface area contributed by atoms with E-state index in [0.29, 0.717) is 14.8 Å². The smallest absolute Gasteiger partial charge is 0.182 e. The second-order valence-corrected chi connectivity index (χ2v) is 4.60. The van der Waals surface area contributed by atoms with Gasteiger partial charge < -0.3 is 4.98 Å². The predicted molar refractivity (Wildman–Crippen MR) is 70.4 cm³/mol. The average molecular weight is 273 g/mol. The number of nitrogens with zero attached hydrogens (tertiary/aromatic N) is 1. The lowest BCUT2D eigenvalue weighted by Gasteiger charge is -2.09. The van der Waals surface area contributed by atoms with E-state index in [1.807, 2.05) is 16.8 Å². The van der Waals surface area contributed by atoms with Gasteiger partial charge in [0.15, 0.2) is 4.77 Å². The molecule has 2 rings (SSSR count). The van der Waals surface area contributed by atoms with Crippen LogP contribution in [0.3, 0.4) is 0 Å². The van der Waals surface area contributed by atoms with E-state index in [1.54, 1.807) is 12.1 Å². The number of H-pyrrole nitrogens is 1. The summed E-state index contributed by atoms with van der Waals surface area (Å²) in [4.78, 5) is 3.01. The van der Waals surface area contributed by atoms with Gasteiger partial charge in [0.05, 0.1) is 10.7 Å². The van der Waals surface area contributed by atoms with Crippen LogP contribution in [0.5, 0.6) is 0 Å². The Morgan fingerprint density at radius 3 is 2.75 bits per heavy atom.